The fourth-order valence-corrected chi connectivity index (χ4v) is 1.75. The van der Waals surface area contributed by atoms with Crippen LogP contribution in [0.2, 0.25) is 0 Å². The van der Waals surface area contributed by atoms with Gasteiger partial charge >= 0.3 is 5.97 Å². The van der Waals surface area contributed by atoms with Crippen LogP contribution in [0.3, 0.4) is 0 Å². The van der Waals surface area contributed by atoms with E-state index in [-0.39, 0.29) is 24.4 Å². The van der Waals surface area contributed by atoms with Crippen molar-refractivity contribution in [1.29, 1.82) is 0 Å². The highest BCUT2D eigenvalue weighted by atomic mass is 16.5. The predicted octanol–water partition coefficient (Wildman–Crippen LogP) is 0.885. The highest BCUT2D eigenvalue weighted by molar-refractivity contribution is 5.94. The minimum atomic E-state index is -0.541. The quantitative estimate of drug-likeness (QED) is 0.759. The molecule has 0 radical (unpaired) electrons. The van der Waals surface area contributed by atoms with Crippen molar-refractivity contribution in [3.05, 3.63) is 27.4 Å². The molecule has 0 aliphatic rings. The molecule has 1 heterocycles. The molecule has 0 spiro atoms. The summed E-state index contributed by atoms with van der Waals surface area (Å²) in [5, 5.41) is 2.52. The van der Waals surface area contributed by atoms with E-state index >= 15 is 0 Å². The van der Waals surface area contributed by atoms with Gasteiger partial charge in [-0.15, -0.1) is 0 Å². The van der Waals surface area contributed by atoms with Gasteiger partial charge in [-0.3, -0.25) is 14.4 Å². The summed E-state index contributed by atoms with van der Waals surface area (Å²) in [6.07, 6.45) is 0.0635. The maximum atomic E-state index is 12.0. The number of aryl methyl sites for hydroxylation is 1. The third-order valence-corrected chi connectivity index (χ3v) is 2.81. The molecule has 0 aliphatic heterocycles. The van der Waals surface area contributed by atoms with Gasteiger partial charge in [0.15, 0.2) is 0 Å². The fraction of sp³-hybridized carbons (Fsp3) is 0.571. The van der Waals surface area contributed by atoms with Crippen LogP contribution in [-0.4, -0.2) is 35.0 Å². The molecule has 1 aromatic heterocycles. The van der Waals surface area contributed by atoms with Crippen LogP contribution in [0.25, 0.3) is 0 Å². The molecule has 7 heteroatoms. The van der Waals surface area contributed by atoms with Crippen LogP contribution >= 0.6 is 0 Å². The van der Waals surface area contributed by atoms with Crippen LogP contribution in [0.4, 0.5) is 0 Å². The summed E-state index contributed by atoms with van der Waals surface area (Å²) in [7, 11) is 0. The molecule has 1 rings (SSSR count). The molecular weight excluding hydrogens is 274 g/mol. The monoisotopic (exact) mass is 295 g/mol. The topological polar surface area (TPSA) is 101 Å². The largest absolute Gasteiger partial charge is 0.466 e. The first-order valence-corrected chi connectivity index (χ1v) is 6.91. The molecule has 0 unspecified atom stereocenters. The molecule has 1 amide bonds. The molecule has 0 aliphatic carbocycles. The normalized spacial score (nSPS) is 10.5. The number of H-pyrrole nitrogens is 1. The lowest BCUT2D eigenvalue weighted by molar-refractivity contribution is -0.142. The zero-order chi connectivity index (χ0) is 16.0. The third-order valence-electron chi connectivity index (χ3n) is 2.81. The van der Waals surface area contributed by atoms with Crippen molar-refractivity contribution >= 4 is 11.9 Å². The number of esters is 1. The summed E-state index contributed by atoms with van der Waals surface area (Å²) < 4.78 is 4.75. The maximum absolute atomic E-state index is 12.0. The number of hydrogen-bond donors (Lipinski definition) is 2. The van der Waals surface area contributed by atoms with Crippen LogP contribution in [-0.2, 0) is 9.53 Å². The molecule has 0 atom stereocenters. The van der Waals surface area contributed by atoms with E-state index in [0.29, 0.717) is 18.1 Å². The first-order chi connectivity index (χ1) is 9.86. The number of hydrogen-bond acceptors (Lipinski definition) is 5. The Balaban J connectivity index is 2.75. The third kappa shape index (κ3) is 4.70. The lowest BCUT2D eigenvalue weighted by Crippen LogP contribution is -2.33. The van der Waals surface area contributed by atoms with Crippen molar-refractivity contribution in [2.24, 2.45) is 0 Å². The standard InChI is InChI=1S/C14H21N3O4/c1-5-21-10(18)6-7-15-13(19)11-9(4)16-12(8(2)3)17-14(11)20/h8H,5-7H2,1-4H3,(H,15,19)(H,16,17,20). The molecule has 0 fully saturated rings. The van der Waals surface area contributed by atoms with E-state index in [1.165, 1.54) is 0 Å². The van der Waals surface area contributed by atoms with Crippen molar-refractivity contribution in [3.8, 4) is 0 Å². The average molecular weight is 295 g/mol. The van der Waals surface area contributed by atoms with E-state index in [1.54, 1.807) is 13.8 Å². The highest BCUT2D eigenvalue weighted by Crippen LogP contribution is 2.08. The number of aromatic amines is 1. The van der Waals surface area contributed by atoms with E-state index in [0.717, 1.165) is 0 Å². The van der Waals surface area contributed by atoms with E-state index in [9.17, 15) is 14.4 Å². The molecule has 0 saturated carbocycles. The summed E-state index contributed by atoms with van der Waals surface area (Å²) in [6, 6.07) is 0. The average Bonchev–Trinajstić information content (AvgIpc) is 2.37. The van der Waals surface area contributed by atoms with Crippen molar-refractivity contribution < 1.29 is 14.3 Å². The van der Waals surface area contributed by atoms with Gasteiger partial charge in [-0.25, -0.2) is 4.98 Å². The Labute approximate surface area is 123 Å². The Hall–Kier alpha value is -2.18. The highest BCUT2D eigenvalue weighted by Gasteiger charge is 2.17. The van der Waals surface area contributed by atoms with Crippen LogP contribution in [0.1, 0.15) is 55.0 Å². The van der Waals surface area contributed by atoms with E-state index in [2.05, 4.69) is 15.3 Å². The minimum Gasteiger partial charge on any atom is -0.466 e. The van der Waals surface area contributed by atoms with Gasteiger partial charge in [0, 0.05) is 12.5 Å². The number of nitrogens with zero attached hydrogens (tertiary/aromatic N) is 1. The molecule has 21 heavy (non-hydrogen) atoms. The molecule has 2 N–H and O–H groups in total. The smallest absolute Gasteiger partial charge is 0.307 e. The van der Waals surface area contributed by atoms with Gasteiger partial charge in [0.05, 0.1) is 18.7 Å². The summed E-state index contributed by atoms with van der Waals surface area (Å²) in [6.45, 7) is 7.53. The first-order valence-electron chi connectivity index (χ1n) is 6.91. The van der Waals surface area contributed by atoms with E-state index < -0.39 is 17.4 Å². The lowest BCUT2D eigenvalue weighted by Gasteiger charge is -2.09. The van der Waals surface area contributed by atoms with Gasteiger partial charge in [0.25, 0.3) is 11.5 Å². The van der Waals surface area contributed by atoms with E-state index in [1.807, 2.05) is 13.8 Å². The Morgan fingerprint density at radius 2 is 2.05 bits per heavy atom. The molecule has 7 nitrogen and oxygen atoms in total. The Morgan fingerprint density at radius 3 is 2.57 bits per heavy atom. The molecular formula is C14H21N3O4. The van der Waals surface area contributed by atoms with Crippen LogP contribution in [0.5, 0.6) is 0 Å². The molecule has 1 aromatic rings. The van der Waals surface area contributed by atoms with Gasteiger partial charge in [0.2, 0.25) is 0 Å². The van der Waals surface area contributed by atoms with Gasteiger partial charge in [-0.1, -0.05) is 13.8 Å². The number of rotatable bonds is 6. The Bertz CT molecular complexity index is 578. The number of aromatic nitrogens is 2. The predicted molar refractivity (Wildman–Crippen MR) is 77.3 cm³/mol. The van der Waals surface area contributed by atoms with Crippen molar-refractivity contribution in [2.45, 2.75) is 40.0 Å². The van der Waals surface area contributed by atoms with Crippen molar-refractivity contribution in [1.82, 2.24) is 15.3 Å². The number of carbonyl (C=O) groups is 2. The first kappa shape index (κ1) is 16.9. The van der Waals surface area contributed by atoms with Gasteiger partial charge in [0.1, 0.15) is 11.4 Å². The Morgan fingerprint density at radius 1 is 1.38 bits per heavy atom. The summed E-state index contributed by atoms with van der Waals surface area (Å²) in [4.78, 5) is 41.9. The maximum Gasteiger partial charge on any atom is 0.307 e. The number of nitrogens with one attached hydrogen (secondary N) is 2. The van der Waals surface area contributed by atoms with E-state index in [4.69, 9.17) is 4.74 Å². The summed E-state index contributed by atoms with van der Waals surface area (Å²) >= 11 is 0. The SMILES string of the molecule is CCOC(=O)CCNC(=O)c1c(C)nc(C(C)C)[nH]c1=O. The van der Waals surface area contributed by atoms with Crippen molar-refractivity contribution in [2.75, 3.05) is 13.2 Å². The number of ether oxygens (including phenoxy) is 1. The molecule has 0 saturated heterocycles. The minimum absolute atomic E-state index is 0.0248. The summed E-state index contributed by atoms with van der Waals surface area (Å²) in [5.74, 6) is -0.324. The number of amides is 1. The molecule has 116 valence electrons. The summed E-state index contributed by atoms with van der Waals surface area (Å²) in [5.41, 5.74) is -0.126. The van der Waals surface area contributed by atoms with Gasteiger partial charge in [-0.05, 0) is 13.8 Å². The van der Waals surface area contributed by atoms with Crippen LogP contribution in [0, 0.1) is 6.92 Å². The second-order valence-corrected chi connectivity index (χ2v) is 4.88. The number of carbonyl (C=O) groups excluding carboxylic acids is 2. The zero-order valence-electron chi connectivity index (χ0n) is 12.8. The second-order valence-electron chi connectivity index (χ2n) is 4.88. The van der Waals surface area contributed by atoms with Gasteiger partial charge < -0.3 is 15.0 Å². The Kier molecular flexibility index (Phi) is 6.08. The molecule has 0 bridgehead atoms. The molecule has 0 aromatic carbocycles. The lowest BCUT2D eigenvalue weighted by atomic mass is 10.1. The second kappa shape index (κ2) is 7.56. The van der Waals surface area contributed by atoms with Crippen LogP contribution < -0.4 is 10.9 Å². The van der Waals surface area contributed by atoms with Gasteiger partial charge in [-0.2, -0.15) is 0 Å². The fourth-order valence-electron chi connectivity index (χ4n) is 1.75. The van der Waals surface area contributed by atoms with Crippen LogP contribution in [0.15, 0.2) is 4.79 Å². The zero-order valence-corrected chi connectivity index (χ0v) is 12.8. The van der Waals surface area contributed by atoms with Crippen molar-refractivity contribution in [3.63, 3.8) is 0 Å².